The number of ether oxygens (including phenoxy) is 1. The van der Waals surface area contributed by atoms with Gasteiger partial charge in [-0.15, -0.1) is 0 Å². The summed E-state index contributed by atoms with van der Waals surface area (Å²) in [5, 5.41) is 8.90. The number of rotatable bonds is 3. The number of nitrogen functional groups attached to an aromatic ring is 1. The molecule has 0 amide bonds. The summed E-state index contributed by atoms with van der Waals surface area (Å²) in [5.41, 5.74) is 9.74. The molecule has 5 heteroatoms. The van der Waals surface area contributed by atoms with Gasteiger partial charge in [-0.2, -0.15) is 0 Å². The molecule has 1 aliphatic heterocycles. The van der Waals surface area contributed by atoms with E-state index in [1.54, 1.807) is 7.11 Å². The minimum atomic E-state index is 0.102. The molecule has 0 unspecified atom stereocenters. The summed E-state index contributed by atoms with van der Waals surface area (Å²) < 4.78 is 5.29. The highest BCUT2D eigenvalue weighted by molar-refractivity contribution is 6.08. The molecule has 5 nitrogen and oxygen atoms in total. The number of pyridine rings is 1. The van der Waals surface area contributed by atoms with Crippen molar-refractivity contribution in [3.63, 3.8) is 0 Å². The average Bonchev–Trinajstić information content (AvgIpc) is 2.51. The second-order valence-corrected chi connectivity index (χ2v) is 5.33. The Bertz CT molecular complexity index is 711. The zero-order valence-electron chi connectivity index (χ0n) is 12.4. The van der Waals surface area contributed by atoms with Crippen LogP contribution >= 0.6 is 0 Å². The third kappa shape index (κ3) is 2.34. The van der Waals surface area contributed by atoms with Gasteiger partial charge in [0, 0.05) is 36.2 Å². The quantitative estimate of drug-likeness (QED) is 0.667. The molecule has 0 fully saturated rings. The summed E-state index contributed by atoms with van der Waals surface area (Å²) in [6.07, 6.45) is 0.908. The van der Waals surface area contributed by atoms with E-state index in [-0.39, 0.29) is 5.84 Å². The van der Waals surface area contributed by atoms with E-state index in [2.05, 4.69) is 11.8 Å². The SMILES string of the molecule is CCN1CCc2nc3ccc(OC)cc3c(C(=N)N)c2C1. The van der Waals surface area contributed by atoms with Crippen molar-refractivity contribution in [2.24, 2.45) is 5.73 Å². The number of fused-ring (bicyclic) bond motifs is 2. The molecule has 0 atom stereocenters. The molecular formula is C16H20N4O. The molecular weight excluding hydrogens is 264 g/mol. The molecule has 0 radical (unpaired) electrons. The third-order valence-electron chi connectivity index (χ3n) is 4.14. The molecule has 1 aromatic carbocycles. The normalized spacial score (nSPS) is 15.0. The molecule has 0 aliphatic carbocycles. The predicted molar refractivity (Wildman–Crippen MR) is 84.0 cm³/mol. The molecule has 0 saturated carbocycles. The van der Waals surface area contributed by atoms with Gasteiger partial charge in [-0.05, 0) is 30.3 Å². The number of amidine groups is 1. The van der Waals surface area contributed by atoms with Gasteiger partial charge in [-0.25, -0.2) is 0 Å². The lowest BCUT2D eigenvalue weighted by Crippen LogP contribution is -2.33. The molecule has 0 saturated heterocycles. The van der Waals surface area contributed by atoms with E-state index in [1.165, 1.54) is 0 Å². The van der Waals surface area contributed by atoms with Crippen LogP contribution in [0.25, 0.3) is 10.9 Å². The predicted octanol–water partition coefficient (Wildman–Crippen LogP) is 1.91. The topological polar surface area (TPSA) is 75.2 Å². The van der Waals surface area contributed by atoms with Crippen LogP contribution in [-0.2, 0) is 13.0 Å². The number of nitrogens with one attached hydrogen (secondary N) is 1. The lowest BCUT2D eigenvalue weighted by molar-refractivity contribution is 0.266. The molecule has 2 heterocycles. The van der Waals surface area contributed by atoms with Crippen molar-refractivity contribution in [2.45, 2.75) is 19.9 Å². The molecule has 3 N–H and O–H groups in total. The van der Waals surface area contributed by atoms with Crippen LogP contribution in [0, 0.1) is 5.41 Å². The first-order chi connectivity index (χ1) is 10.1. The second-order valence-electron chi connectivity index (χ2n) is 5.33. The Balaban J connectivity index is 2.28. The van der Waals surface area contributed by atoms with Gasteiger partial charge < -0.3 is 10.5 Å². The van der Waals surface area contributed by atoms with Crippen LogP contribution in [0.2, 0.25) is 0 Å². The van der Waals surface area contributed by atoms with Crippen molar-refractivity contribution in [3.05, 3.63) is 35.0 Å². The Hall–Kier alpha value is -2.14. The number of hydrogen-bond donors (Lipinski definition) is 2. The fourth-order valence-electron chi connectivity index (χ4n) is 2.98. The van der Waals surface area contributed by atoms with Gasteiger partial charge in [0.2, 0.25) is 0 Å². The van der Waals surface area contributed by atoms with Crippen LogP contribution in [0.5, 0.6) is 5.75 Å². The fraction of sp³-hybridized carbons (Fsp3) is 0.375. The number of hydrogen-bond acceptors (Lipinski definition) is 4. The largest absolute Gasteiger partial charge is 0.497 e. The summed E-state index contributed by atoms with van der Waals surface area (Å²) in [7, 11) is 1.64. The zero-order valence-corrected chi connectivity index (χ0v) is 12.4. The third-order valence-corrected chi connectivity index (χ3v) is 4.14. The van der Waals surface area contributed by atoms with E-state index in [0.29, 0.717) is 0 Å². The summed E-state index contributed by atoms with van der Waals surface area (Å²) in [6, 6.07) is 5.75. The molecule has 110 valence electrons. The average molecular weight is 284 g/mol. The molecule has 0 spiro atoms. The number of likely N-dealkylation sites (N-methyl/N-ethyl adjacent to an activating group) is 1. The Morgan fingerprint density at radius 1 is 1.48 bits per heavy atom. The first kappa shape index (κ1) is 13.8. The Labute approximate surface area is 124 Å². The van der Waals surface area contributed by atoms with Gasteiger partial charge in [0.25, 0.3) is 0 Å². The molecule has 0 bridgehead atoms. The van der Waals surface area contributed by atoms with E-state index in [1.807, 2.05) is 18.2 Å². The minimum absolute atomic E-state index is 0.102. The van der Waals surface area contributed by atoms with Crippen molar-refractivity contribution in [3.8, 4) is 5.75 Å². The van der Waals surface area contributed by atoms with Crippen LogP contribution in [0.3, 0.4) is 0 Å². The lowest BCUT2D eigenvalue weighted by Gasteiger charge is -2.29. The number of nitrogens with two attached hydrogens (primary N) is 1. The number of nitrogens with zero attached hydrogens (tertiary/aromatic N) is 2. The molecule has 1 aliphatic rings. The summed E-state index contributed by atoms with van der Waals surface area (Å²) in [4.78, 5) is 7.12. The van der Waals surface area contributed by atoms with Crippen molar-refractivity contribution in [1.82, 2.24) is 9.88 Å². The van der Waals surface area contributed by atoms with Crippen molar-refractivity contribution in [1.29, 1.82) is 5.41 Å². The van der Waals surface area contributed by atoms with E-state index in [9.17, 15) is 0 Å². The summed E-state index contributed by atoms with van der Waals surface area (Å²) >= 11 is 0. The van der Waals surface area contributed by atoms with E-state index in [4.69, 9.17) is 20.9 Å². The van der Waals surface area contributed by atoms with Gasteiger partial charge in [0.15, 0.2) is 0 Å². The summed E-state index contributed by atoms with van der Waals surface area (Å²) in [5.74, 6) is 0.861. The van der Waals surface area contributed by atoms with Gasteiger partial charge in [0.05, 0.1) is 12.6 Å². The van der Waals surface area contributed by atoms with Crippen LogP contribution in [0.4, 0.5) is 0 Å². The first-order valence-corrected chi connectivity index (χ1v) is 7.20. The fourth-order valence-corrected chi connectivity index (χ4v) is 2.98. The van der Waals surface area contributed by atoms with Crippen molar-refractivity contribution < 1.29 is 4.74 Å². The molecule has 21 heavy (non-hydrogen) atoms. The minimum Gasteiger partial charge on any atom is -0.497 e. The standard InChI is InChI=1S/C16H20N4O/c1-3-20-7-6-14-12(9-20)15(16(17)18)11-8-10(21-2)4-5-13(11)19-14/h4-5,8H,3,6-7,9H2,1-2H3,(H3,17,18). The number of aromatic nitrogens is 1. The number of benzene rings is 1. The molecule has 2 aromatic rings. The lowest BCUT2D eigenvalue weighted by atomic mass is 9.95. The highest BCUT2D eigenvalue weighted by atomic mass is 16.5. The number of methoxy groups -OCH3 is 1. The van der Waals surface area contributed by atoms with Crippen molar-refractivity contribution in [2.75, 3.05) is 20.2 Å². The Kier molecular flexibility index (Phi) is 3.51. The molecule has 1 aromatic heterocycles. The second kappa shape index (κ2) is 5.33. The summed E-state index contributed by atoms with van der Waals surface area (Å²) in [6.45, 7) is 4.96. The highest BCUT2D eigenvalue weighted by Crippen LogP contribution is 2.30. The zero-order chi connectivity index (χ0) is 15.0. The van der Waals surface area contributed by atoms with Crippen LogP contribution in [-0.4, -0.2) is 35.9 Å². The monoisotopic (exact) mass is 284 g/mol. The van der Waals surface area contributed by atoms with Gasteiger partial charge in [0.1, 0.15) is 11.6 Å². The van der Waals surface area contributed by atoms with E-state index in [0.717, 1.165) is 59.5 Å². The Morgan fingerprint density at radius 3 is 2.95 bits per heavy atom. The Morgan fingerprint density at radius 2 is 2.29 bits per heavy atom. The van der Waals surface area contributed by atoms with Crippen molar-refractivity contribution >= 4 is 16.7 Å². The van der Waals surface area contributed by atoms with Crippen LogP contribution < -0.4 is 10.5 Å². The van der Waals surface area contributed by atoms with Gasteiger partial charge in [-0.3, -0.25) is 15.3 Å². The van der Waals surface area contributed by atoms with E-state index < -0.39 is 0 Å². The van der Waals surface area contributed by atoms with Crippen LogP contribution in [0.1, 0.15) is 23.7 Å². The highest BCUT2D eigenvalue weighted by Gasteiger charge is 2.23. The van der Waals surface area contributed by atoms with Crippen LogP contribution in [0.15, 0.2) is 18.2 Å². The maximum Gasteiger partial charge on any atom is 0.123 e. The van der Waals surface area contributed by atoms with E-state index >= 15 is 0 Å². The maximum absolute atomic E-state index is 8.00. The maximum atomic E-state index is 8.00. The first-order valence-electron chi connectivity index (χ1n) is 7.20. The van der Waals surface area contributed by atoms with Gasteiger partial charge >= 0.3 is 0 Å². The molecule has 3 rings (SSSR count). The van der Waals surface area contributed by atoms with Gasteiger partial charge in [-0.1, -0.05) is 6.92 Å². The smallest absolute Gasteiger partial charge is 0.123 e.